The zero-order chi connectivity index (χ0) is 15.4. The van der Waals surface area contributed by atoms with E-state index in [1.165, 1.54) is 19.3 Å². The summed E-state index contributed by atoms with van der Waals surface area (Å²) in [4.78, 5) is 12.5. The minimum absolute atomic E-state index is 0.0506. The summed E-state index contributed by atoms with van der Waals surface area (Å²) in [6, 6.07) is 3.82. The molecule has 1 amide bonds. The molecule has 0 heterocycles. The van der Waals surface area contributed by atoms with Crippen molar-refractivity contribution in [3.8, 4) is 11.5 Å². The number of rotatable bonds is 4. The lowest BCUT2D eigenvalue weighted by Crippen LogP contribution is -2.41. The predicted octanol–water partition coefficient (Wildman–Crippen LogP) is 3.32. The summed E-state index contributed by atoms with van der Waals surface area (Å²) in [6.07, 6.45) is 4.70. The van der Waals surface area contributed by atoms with E-state index in [1.807, 2.05) is 6.92 Å². The first-order chi connectivity index (χ1) is 10.1. The Hall–Kier alpha value is -1.71. The lowest BCUT2D eigenvalue weighted by Gasteiger charge is -2.29. The van der Waals surface area contributed by atoms with Gasteiger partial charge in [0.2, 0.25) is 0 Å². The first kappa shape index (κ1) is 15.7. The van der Waals surface area contributed by atoms with Gasteiger partial charge in [-0.05, 0) is 37.8 Å². The number of hydrogen-bond donors (Lipinski definition) is 1. The summed E-state index contributed by atoms with van der Waals surface area (Å²) in [5, 5.41) is 3.16. The molecule has 2 rings (SSSR count). The van der Waals surface area contributed by atoms with Crippen LogP contribution in [0.25, 0.3) is 0 Å². The molecule has 1 fully saturated rings. The average Bonchev–Trinajstić information content (AvgIpc) is 2.49. The number of hydrogen-bond acceptors (Lipinski definition) is 3. The summed E-state index contributed by atoms with van der Waals surface area (Å²) in [5.74, 6) is 1.84. The van der Waals surface area contributed by atoms with Crippen molar-refractivity contribution < 1.29 is 14.3 Å². The molecule has 1 aromatic rings. The number of amides is 1. The number of carbonyl (C=O) groups excluding carboxylic acids is 1. The first-order valence-electron chi connectivity index (χ1n) is 7.60. The summed E-state index contributed by atoms with van der Waals surface area (Å²) in [7, 11) is 3.21. The third kappa shape index (κ3) is 3.49. The molecule has 2 atom stereocenters. The highest BCUT2D eigenvalue weighted by Gasteiger charge is 2.24. The maximum Gasteiger partial charge on any atom is 0.251 e. The van der Waals surface area contributed by atoms with Crippen LogP contribution in [0.2, 0.25) is 0 Å². The Morgan fingerprint density at radius 1 is 1.14 bits per heavy atom. The van der Waals surface area contributed by atoms with E-state index >= 15 is 0 Å². The molecule has 116 valence electrons. The van der Waals surface area contributed by atoms with Gasteiger partial charge in [0.15, 0.2) is 0 Å². The van der Waals surface area contributed by atoms with E-state index < -0.39 is 0 Å². The quantitative estimate of drug-likeness (QED) is 0.925. The second kappa shape index (κ2) is 6.83. The van der Waals surface area contributed by atoms with Crippen LogP contribution in [-0.4, -0.2) is 26.2 Å². The molecule has 0 bridgehead atoms. The van der Waals surface area contributed by atoms with Crippen LogP contribution in [0.1, 0.15) is 48.5 Å². The van der Waals surface area contributed by atoms with Gasteiger partial charge in [0.05, 0.1) is 14.2 Å². The number of benzene rings is 1. The van der Waals surface area contributed by atoms with Crippen molar-refractivity contribution in [2.75, 3.05) is 14.2 Å². The molecule has 0 saturated heterocycles. The topological polar surface area (TPSA) is 47.6 Å². The Bertz CT molecular complexity index is 488. The summed E-state index contributed by atoms with van der Waals surface area (Å²) >= 11 is 0. The van der Waals surface area contributed by atoms with Crippen molar-refractivity contribution in [2.24, 2.45) is 5.92 Å². The molecule has 1 aliphatic carbocycles. The second-order valence-corrected chi connectivity index (χ2v) is 5.85. The normalized spacial score (nSPS) is 21.7. The van der Waals surface area contributed by atoms with Crippen LogP contribution in [0.4, 0.5) is 0 Å². The molecule has 4 nitrogen and oxygen atoms in total. The fraction of sp³-hybridized carbons (Fsp3) is 0.588. The zero-order valence-corrected chi connectivity index (χ0v) is 13.4. The minimum Gasteiger partial charge on any atom is -0.496 e. The van der Waals surface area contributed by atoms with Crippen LogP contribution in [0.3, 0.4) is 0 Å². The van der Waals surface area contributed by atoms with E-state index in [1.54, 1.807) is 26.4 Å². The van der Waals surface area contributed by atoms with E-state index in [0.29, 0.717) is 23.0 Å². The average molecular weight is 291 g/mol. The Morgan fingerprint density at radius 2 is 1.71 bits per heavy atom. The third-order valence-electron chi connectivity index (χ3n) is 4.44. The lowest BCUT2D eigenvalue weighted by molar-refractivity contribution is 0.0909. The van der Waals surface area contributed by atoms with Crippen molar-refractivity contribution in [3.05, 3.63) is 23.3 Å². The van der Waals surface area contributed by atoms with Gasteiger partial charge in [-0.15, -0.1) is 0 Å². The van der Waals surface area contributed by atoms with E-state index in [-0.39, 0.29) is 11.9 Å². The van der Waals surface area contributed by atoms with Gasteiger partial charge < -0.3 is 14.8 Å². The monoisotopic (exact) mass is 291 g/mol. The van der Waals surface area contributed by atoms with E-state index in [4.69, 9.17) is 9.47 Å². The van der Waals surface area contributed by atoms with Gasteiger partial charge in [0.25, 0.3) is 5.91 Å². The summed E-state index contributed by atoms with van der Waals surface area (Å²) in [5.41, 5.74) is 1.50. The van der Waals surface area contributed by atoms with Crippen LogP contribution in [-0.2, 0) is 0 Å². The number of methoxy groups -OCH3 is 2. The highest BCUT2D eigenvalue weighted by atomic mass is 16.5. The first-order valence-corrected chi connectivity index (χ1v) is 7.60. The maximum absolute atomic E-state index is 12.5. The molecular weight excluding hydrogens is 266 g/mol. The summed E-state index contributed by atoms with van der Waals surface area (Å²) < 4.78 is 10.7. The second-order valence-electron chi connectivity index (χ2n) is 5.85. The van der Waals surface area contributed by atoms with Crippen LogP contribution >= 0.6 is 0 Å². The maximum atomic E-state index is 12.5. The molecule has 0 radical (unpaired) electrons. The SMILES string of the molecule is COc1cc(C(=O)NC2CCCCC2C)cc(OC)c1C. The largest absolute Gasteiger partial charge is 0.496 e. The van der Waals surface area contributed by atoms with Gasteiger partial charge in [0, 0.05) is 17.2 Å². The van der Waals surface area contributed by atoms with Crippen molar-refractivity contribution in [3.63, 3.8) is 0 Å². The molecule has 4 heteroatoms. The smallest absolute Gasteiger partial charge is 0.251 e. The Kier molecular flexibility index (Phi) is 5.10. The van der Waals surface area contributed by atoms with Crippen molar-refractivity contribution in [2.45, 2.75) is 45.6 Å². The van der Waals surface area contributed by atoms with Crippen LogP contribution in [0.5, 0.6) is 11.5 Å². The molecule has 0 aliphatic heterocycles. The van der Waals surface area contributed by atoms with E-state index in [2.05, 4.69) is 12.2 Å². The molecule has 1 aromatic carbocycles. The van der Waals surface area contributed by atoms with E-state index in [9.17, 15) is 4.79 Å². The number of nitrogens with one attached hydrogen (secondary N) is 1. The van der Waals surface area contributed by atoms with Gasteiger partial charge in [-0.3, -0.25) is 4.79 Å². The van der Waals surface area contributed by atoms with Crippen molar-refractivity contribution in [1.82, 2.24) is 5.32 Å². The third-order valence-corrected chi connectivity index (χ3v) is 4.44. The highest BCUT2D eigenvalue weighted by Crippen LogP contribution is 2.30. The van der Waals surface area contributed by atoms with Crippen LogP contribution in [0.15, 0.2) is 12.1 Å². The molecule has 0 spiro atoms. The Labute approximate surface area is 126 Å². The van der Waals surface area contributed by atoms with Gasteiger partial charge >= 0.3 is 0 Å². The molecule has 21 heavy (non-hydrogen) atoms. The molecule has 1 N–H and O–H groups in total. The predicted molar refractivity (Wildman–Crippen MR) is 83.2 cm³/mol. The van der Waals surface area contributed by atoms with Gasteiger partial charge in [-0.2, -0.15) is 0 Å². The van der Waals surface area contributed by atoms with Gasteiger partial charge in [-0.25, -0.2) is 0 Å². The Balaban J connectivity index is 2.18. The fourth-order valence-electron chi connectivity index (χ4n) is 3.00. The highest BCUT2D eigenvalue weighted by molar-refractivity contribution is 5.95. The zero-order valence-electron chi connectivity index (χ0n) is 13.4. The van der Waals surface area contributed by atoms with E-state index in [0.717, 1.165) is 12.0 Å². The lowest BCUT2D eigenvalue weighted by atomic mass is 9.86. The molecule has 0 aromatic heterocycles. The Morgan fingerprint density at radius 3 is 2.24 bits per heavy atom. The van der Waals surface area contributed by atoms with Gasteiger partial charge in [-0.1, -0.05) is 19.8 Å². The fourth-order valence-corrected chi connectivity index (χ4v) is 3.00. The van der Waals surface area contributed by atoms with Crippen LogP contribution in [0, 0.1) is 12.8 Å². The number of ether oxygens (including phenoxy) is 2. The van der Waals surface area contributed by atoms with Crippen molar-refractivity contribution >= 4 is 5.91 Å². The molecular formula is C17H25NO3. The minimum atomic E-state index is -0.0506. The number of carbonyl (C=O) groups is 1. The molecule has 1 aliphatic rings. The van der Waals surface area contributed by atoms with Crippen LogP contribution < -0.4 is 14.8 Å². The molecule has 2 unspecified atom stereocenters. The van der Waals surface area contributed by atoms with Crippen molar-refractivity contribution in [1.29, 1.82) is 0 Å². The summed E-state index contributed by atoms with van der Waals surface area (Å²) in [6.45, 7) is 4.13. The van der Waals surface area contributed by atoms with Gasteiger partial charge in [0.1, 0.15) is 11.5 Å². The molecule has 1 saturated carbocycles. The standard InChI is InChI=1S/C17H25NO3/c1-11-7-5-6-8-14(11)18-17(19)13-9-15(20-3)12(2)16(10-13)21-4/h9-11,14H,5-8H2,1-4H3,(H,18,19).